The Hall–Kier alpha value is -1.49. The number of carbonyl (C=O) groups excluding carboxylic acids is 1. The molecule has 1 atom stereocenters. The largest absolute Gasteiger partial charge is 0.349 e. The third kappa shape index (κ3) is 4.11. The van der Waals surface area contributed by atoms with E-state index < -0.39 is 5.54 Å². The lowest BCUT2D eigenvalue weighted by atomic mass is 9.96. The fourth-order valence-electron chi connectivity index (χ4n) is 1.52. The van der Waals surface area contributed by atoms with E-state index in [0.29, 0.717) is 13.0 Å². The summed E-state index contributed by atoms with van der Waals surface area (Å²) in [6.45, 7) is 5.98. The standard InChI is InChI=1S/C12H20N4O/c1-4-5-12(3,13)11(17)16-8-10-7-14-9(2)6-15-10/h6-7H,4-5,8,13H2,1-3H3,(H,16,17). The molecular weight excluding hydrogens is 216 g/mol. The van der Waals surface area contributed by atoms with E-state index in [1.165, 1.54) is 0 Å². The number of carbonyl (C=O) groups is 1. The summed E-state index contributed by atoms with van der Waals surface area (Å²) in [5, 5.41) is 2.78. The number of nitrogens with zero attached hydrogens (tertiary/aromatic N) is 2. The Morgan fingerprint density at radius 2 is 2.18 bits per heavy atom. The quantitative estimate of drug-likeness (QED) is 0.796. The summed E-state index contributed by atoms with van der Waals surface area (Å²) in [6, 6.07) is 0. The first-order chi connectivity index (χ1) is 7.95. The summed E-state index contributed by atoms with van der Waals surface area (Å²) in [4.78, 5) is 20.1. The SMILES string of the molecule is CCCC(C)(N)C(=O)NCc1cnc(C)cn1. The summed E-state index contributed by atoms with van der Waals surface area (Å²) >= 11 is 0. The molecule has 1 amide bonds. The van der Waals surface area contributed by atoms with Crippen LogP contribution in [0.3, 0.4) is 0 Å². The molecule has 0 saturated carbocycles. The molecule has 1 heterocycles. The number of nitrogens with one attached hydrogen (secondary N) is 1. The Balaban J connectivity index is 2.50. The average Bonchev–Trinajstić information content (AvgIpc) is 2.27. The van der Waals surface area contributed by atoms with E-state index in [2.05, 4.69) is 15.3 Å². The zero-order valence-electron chi connectivity index (χ0n) is 10.7. The van der Waals surface area contributed by atoms with Gasteiger partial charge in [-0.2, -0.15) is 0 Å². The molecule has 17 heavy (non-hydrogen) atoms. The third-order valence-corrected chi connectivity index (χ3v) is 2.55. The van der Waals surface area contributed by atoms with Crippen LogP contribution in [0.1, 0.15) is 38.1 Å². The van der Waals surface area contributed by atoms with Gasteiger partial charge in [-0.15, -0.1) is 0 Å². The topological polar surface area (TPSA) is 80.9 Å². The predicted octanol–water partition coefficient (Wildman–Crippen LogP) is 0.919. The van der Waals surface area contributed by atoms with Crippen molar-refractivity contribution in [3.05, 3.63) is 23.8 Å². The van der Waals surface area contributed by atoms with Crippen LogP contribution in [-0.2, 0) is 11.3 Å². The number of aryl methyl sites for hydroxylation is 1. The summed E-state index contributed by atoms with van der Waals surface area (Å²) in [6.07, 6.45) is 4.88. The lowest BCUT2D eigenvalue weighted by Crippen LogP contribution is -2.51. The Morgan fingerprint density at radius 3 is 2.71 bits per heavy atom. The van der Waals surface area contributed by atoms with Gasteiger partial charge in [-0.25, -0.2) is 0 Å². The van der Waals surface area contributed by atoms with Crippen LogP contribution in [0.15, 0.2) is 12.4 Å². The van der Waals surface area contributed by atoms with Gasteiger partial charge in [0.25, 0.3) is 0 Å². The van der Waals surface area contributed by atoms with Crippen LogP contribution in [0, 0.1) is 6.92 Å². The van der Waals surface area contributed by atoms with Crippen LogP contribution in [0.4, 0.5) is 0 Å². The predicted molar refractivity (Wildman–Crippen MR) is 66.1 cm³/mol. The zero-order chi connectivity index (χ0) is 12.9. The molecule has 3 N–H and O–H groups in total. The molecule has 1 aromatic rings. The second-order valence-corrected chi connectivity index (χ2v) is 4.50. The maximum absolute atomic E-state index is 11.8. The molecule has 0 saturated heterocycles. The molecule has 0 aromatic carbocycles. The number of rotatable bonds is 5. The Morgan fingerprint density at radius 1 is 1.47 bits per heavy atom. The van der Waals surface area contributed by atoms with Gasteiger partial charge in [-0.3, -0.25) is 14.8 Å². The van der Waals surface area contributed by atoms with Crippen molar-refractivity contribution in [2.24, 2.45) is 5.73 Å². The molecule has 0 spiro atoms. The lowest BCUT2D eigenvalue weighted by Gasteiger charge is -2.22. The summed E-state index contributed by atoms with van der Waals surface area (Å²) < 4.78 is 0. The number of amides is 1. The average molecular weight is 236 g/mol. The molecule has 0 bridgehead atoms. The highest BCUT2D eigenvalue weighted by Gasteiger charge is 2.26. The van der Waals surface area contributed by atoms with Crippen LogP contribution < -0.4 is 11.1 Å². The third-order valence-electron chi connectivity index (χ3n) is 2.55. The fourth-order valence-corrected chi connectivity index (χ4v) is 1.52. The molecule has 1 rings (SSSR count). The first kappa shape index (κ1) is 13.6. The van der Waals surface area contributed by atoms with Crippen LogP contribution in [0.2, 0.25) is 0 Å². The Labute approximate surface area is 102 Å². The van der Waals surface area contributed by atoms with E-state index in [0.717, 1.165) is 17.8 Å². The Kier molecular flexibility index (Phi) is 4.57. The van der Waals surface area contributed by atoms with Crippen LogP contribution >= 0.6 is 0 Å². The normalized spacial score (nSPS) is 14.1. The molecule has 0 radical (unpaired) electrons. The fraction of sp³-hybridized carbons (Fsp3) is 0.583. The van der Waals surface area contributed by atoms with Crippen molar-refractivity contribution in [2.75, 3.05) is 0 Å². The van der Waals surface area contributed by atoms with Gasteiger partial charge in [-0.05, 0) is 20.3 Å². The molecule has 0 aliphatic rings. The van der Waals surface area contributed by atoms with E-state index in [4.69, 9.17) is 5.73 Å². The van der Waals surface area contributed by atoms with E-state index in [-0.39, 0.29) is 5.91 Å². The molecule has 0 aliphatic heterocycles. The number of nitrogens with two attached hydrogens (primary N) is 1. The van der Waals surface area contributed by atoms with Crippen molar-refractivity contribution in [1.82, 2.24) is 15.3 Å². The van der Waals surface area contributed by atoms with Gasteiger partial charge >= 0.3 is 0 Å². The molecule has 1 unspecified atom stereocenters. The minimum atomic E-state index is -0.813. The second-order valence-electron chi connectivity index (χ2n) is 4.50. The zero-order valence-corrected chi connectivity index (χ0v) is 10.7. The first-order valence-corrected chi connectivity index (χ1v) is 5.80. The van der Waals surface area contributed by atoms with Crippen molar-refractivity contribution >= 4 is 5.91 Å². The van der Waals surface area contributed by atoms with Crippen molar-refractivity contribution in [3.8, 4) is 0 Å². The van der Waals surface area contributed by atoms with E-state index in [1.807, 2.05) is 13.8 Å². The maximum atomic E-state index is 11.8. The maximum Gasteiger partial charge on any atom is 0.240 e. The smallest absolute Gasteiger partial charge is 0.240 e. The van der Waals surface area contributed by atoms with E-state index >= 15 is 0 Å². The number of aromatic nitrogens is 2. The van der Waals surface area contributed by atoms with Gasteiger partial charge in [0.2, 0.25) is 5.91 Å². The van der Waals surface area contributed by atoms with Crippen LogP contribution in [0.25, 0.3) is 0 Å². The highest BCUT2D eigenvalue weighted by Crippen LogP contribution is 2.08. The van der Waals surface area contributed by atoms with Gasteiger partial charge in [0.05, 0.1) is 29.7 Å². The minimum absolute atomic E-state index is 0.151. The van der Waals surface area contributed by atoms with E-state index in [1.54, 1.807) is 19.3 Å². The van der Waals surface area contributed by atoms with Gasteiger partial charge in [-0.1, -0.05) is 13.3 Å². The van der Waals surface area contributed by atoms with E-state index in [9.17, 15) is 4.79 Å². The molecule has 5 heteroatoms. The van der Waals surface area contributed by atoms with Gasteiger partial charge in [0, 0.05) is 6.20 Å². The molecule has 94 valence electrons. The highest BCUT2D eigenvalue weighted by atomic mass is 16.2. The van der Waals surface area contributed by atoms with Crippen molar-refractivity contribution in [1.29, 1.82) is 0 Å². The molecular formula is C12H20N4O. The summed E-state index contributed by atoms with van der Waals surface area (Å²) in [5.41, 5.74) is 6.69. The van der Waals surface area contributed by atoms with Crippen molar-refractivity contribution in [3.63, 3.8) is 0 Å². The second kappa shape index (κ2) is 5.72. The highest BCUT2D eigenvalue weighted by molar-refractivity contribution is 5.85. The molecule has 0 aliphatic carbocycles. The van der Waals surface area contributed by atoms with Gasteiger partial charge in [0.15, 0.2) is 0 Å². The number of hydrogen-bond donors (Lipinski definition) is 2. The molecule has 1 aromatic heterocycles. The van der Waals surface area contributed by atoms with Gasteiger partial charge < -0.3 is 11.1 Å². The lowest BCUT2D eigenvalue weighted by molar-refractivity contribution is -0.126. The number of hydrogen-bond acceptors (Lipinski definition) is 4. The molecule has 5 nitrogen and oxygen atoms in total. The minimum Gasteiger partial charge on any atom is -0.349 e. The first-order valence-electron chi connectivity index (χ1n) is 5.80. The van der Waals surface area contributed by atoms with Crippen LogP contribution in [-0.4, -0.2) is 21.4 Å². The van der Waals surface area contributed by atoms with Crippen molar-refractivity contribution < 1.29 is 4.79 Å². The van der Waals surface area contributed by atoms with Crippen LogP contribution in [0.5, 0.6) is 0 Å². The van der Waals surface area contributed by atoms with Crippen molar-refractivity contribution in [2.45, 2.75) is 45.7 Å². The monoisotopic (exact) mass is 236 g/mol. The molecule has 0 fully saturated rings. The van der Waals surface area contributed by atoms with Gasteiger partial charge in [0.1, 0.15) is 0 Å². The summed E-state index contributed by atoms with van der Waals surface area (Å²) in [7, 11) is 0. The Bertz CT molecular complexity index is 373. The summed E-state index contributed by atoms with van der Waals surface area (Å²) in [5.74, 6) is -0.151.